The van der Waals surface area contributed by atoms with E-state index in [-0.39, 0.29) is 5.75 Å². The van der Waals surface area contributed by atoms with Gasteiger partial charge in [-0.05, 0) is 36.8 Å². The Morgan fingerprint density at radius 1 is 1.08 bits per heavy atom. The topological polar surface area (TPSA) is 43.4 Å². The van der Waals surface area contributed by atoms with E-state index in [1.807, 2.05) is 0 Å². The summed E-state index contributed by atoms with van der Waals surface area (Å²) in [5.74, 6) is -7.45. The van der Waals surface area contributed by atoms with Crippen molar-refractivity contribution < 1.29 is 27.5 Å². The van der Waals surface area contributed by atoms with Gasteiger partial charge in [0.1, 0.15) is 5.75 Å². The Hall–Kier alpha value is -2.05. The summed E-state index contributed by atoms with van der Waals surface area (Å²) in [4.78, 5) is 23.9. The van der Waals surface area contributed by atoms with E-state index in [1.165, 1.54) is 12.1 Å². The Balaban J connectivity index is 2.19. The van der Waals surface area contributed by atoms with E-state index < -0.39 is 40.1 Å². The van der Waals surface area contributed by atoms with Crippen molar-refractivity contribution in [3.63, 3.8) is 0 Å². The first kappa shape index (κ1) is 18.3. The van der Waals surface area contributed by atoms with Gasteiger partial charge in [-0.1, -0.05) is 17.7 Å². The highest BCUT2D eigenvalue weighted by molar-refractivity contribution is 6.43. The minimum atomic E-state index is -1.94. The number of esters is 1. The van der Waals surface area contributed by atoms with Crippen LogP contribution in [0.25, 0.3) is 0 Å². The molecule has 0 aliphatic carbocycles. The molecule has 0 saturated heterocycles. The molecular formula is C16H9Cl2F3O3. The van der Waals surface area contributed by atoms with E-state index in [1.54, 1.807) is 13.0 Å². The van der Waals surface area contributed by atoms with Gasteiger partial charge < -0.3 is 4.74 Å². The highest BCUT2D eigenvalue weighted by Crippen LogP contribution is 2.23. The van der Waals surface area contributed by atoms with Crippen LogP contribution in [0.3, 0.4) is 0 Å². The number of ketones is 1. The number of benzene rings is 2. The van der Waals surface area contributed by atoms with Crippen molar-refractivity contribution in [3.8, 4) is 5.75 Å². The maximum atomic E-state index is 13.6. The first-order valence-corrected chi connectivity index (χ1v) is 7.33. The highest BCUT2D eigenvalue weighted by atomic mass is 35.5. The average molecular weight is 377 g/mol. The van der Waals surface area contributed by atoms with Crippen molar-refractivity contribution in [2.45, 2.75) is 12.3 Å². The highest BCUT2D eigenvalue weighted by Gasteiger charge is 2.31. The Morgan fingerprint density at radius 2 is 1.75 bits per heavy atom. The maximum absolute atomic E-state index is 13.6. The normalized spacial score (nSPS) is 11.9. The molecule has 0 spiro atoms. The molecule has 0 fully saturated rings. The third kappa shape index (κ3) is 3.71. The van der Waals surface area contributed by atoms with Crippen molar-refractivity contribution >= 4 is 35.0 Å². The average Bonchev–Trinajstić information content (AvgIpc) is 2.55. The van der Waals surface area contributed by atoms with Gasteiger partial charge in [0.05, 0.1) is 5.56 Å². The predicted octanol–water partition coefficient (Wildman–Crippen LogP) is 4.46. The molecule has 0 aromatic heterocycles. The van der Waals surface area contributed by atoms with Gasteiger partial charge in [-0.25, -0.2) is 18.0 Å². The van der Waals surface area contributed by atoms with Gasteiger partial charge in [-0.15, -0.1) is 11.6 Å². The molecule has 1 unspecified atom stereocenters. The molecule has 24 heavy (non-hydrogen) atoms. The summed E-state index contributed by atoms with van der Waals surface area (Å²) in [5.41, 5.74) is -0.119. The number of carbonyl (C=O) groups excluding carboxylic acids is 2. The van der Waals surface area contributed by atoms with Gasteiger partial charge in [0.2, 0.25) is 0 Å². The monoisotopic (exact) mass is 376 g/mol. The standard InChI is InChI=1S/C16H9Cl2F3O3/c1-7-2-3-8(6-10(7)17)24-16(23)12(18)15(22)9-4-5-11(19)14(21)13(9)20/h2-6,12H,1H3. The van der Waals surface area contributed by atoms with Crippen LogP contribution in [0.4, 0.5) is 13.2 Å². The molecule has 8 heteroatoms. The summed E-state index contributed by atoms with van der Waals surface area (Å²) in [6, 6.07) is 5.58. The van der Waals surface area contributed by atoms with E-state index in [0.29, 0.717) is 17.2 Å². The predicted molar refractivity (Wildman–Crippen MR) is 82.1 cm³/mol. The van der Waals surface area contributed by atoms with Crippen LogP contribution in [0, 0.1) is 24.4 Å². The zero-order valence-electron chi connectivity index (χ0n) is 12.1. The summed E-state index contributed by atoms with van der Waals surface area (Å²) < 4.78 is 44.5. The molecule has 2 rings (SSSR count). The third-order valence-corrected chi connectivity index (χ3v) is 3.88. The third-order valence-electron chi connectivity index (χ3n) is 3.10. The first-order valence-electron chi connectivity index (χ1n) is 6.52. The molecule has 0 heterocycles. The number of hydrogen-bond acceptors (Lipinski definition) is 3. The number of carbonyl (C=O) groups is 2. The fraction of sp³-hybridized carbons (Fsp3) is 0.125. The lowest BCUT2D eigenvalue weighted by Gasteiger charge is -2.10. The lowest BCUT2D eigenvalue weighted by molar-refractivity contribution is -0.133. The largest absolute Gasteiger partial charge is 0.425 e. The fourth-order valence-corrected chi connectivity index (χ4v) is 2.10. The van der Waals surface area contributed by atoms with Crippen LogP contribution in [0.5, 0.6) is 5.75 Å². The van der Waals surface area contributed by atoms with Gasteiger partial charge in [-0.3, -0.25) is 4.79 Å². The second kappa shape index (κ2) is 7.23. The van der Waals surface area contributed by atoms with Crippen LogP contribution in [0.2, 0.25) is 5.02 Å². The summed E-state index contributed by atoms with van der Waals surface area (Å²) in [5, 5.41) is -1.62. The lowest BCUT2D eigenvalue weighted by atomic mass is 10.1. The van der Waals surface area contributed by atoms with Crippen LogP contribution in [0.1, 0.15) is 15.9 Å². The van der Waals surface area contributed by atoms with Crippen LogP contribution in [-0.2, 0) is 4.79 Å². The van der Waals surface area contributed by atoms with Gasteiger partial charge in [0.25, 0.3) is 0 Å². The minimum Gasteiger partial charge on any atom is -0.425 e. The second-order valence-electron chi connectivity index (χ2n) is 4.78. The van der Waals surface area contributed by atoms with Crippen molar-refractivity contribution in [1.29, 1.82) is 0 Å². The van der Waals surface area contributed by atoms with E-state index in [4.69, 9.17) is 27.9 Å². The maximum Gasteiger partial charge on any atom is 0.337 e. The number of halogens is 5. The van der Waals surface area contributed by atoms with E-state index >= 15 is 0 Å². The molecule has 0 radical (unpaired) electrons. The zero-order chi connectivity index (χ0) is 18.0. The summed E-state index contributed by atoms with van der Waals surface area (Å²) in [7, 11) is 0. The molecular weight excluding hydrogens is 368 g/mol. The molecule has 3 nitrogen and oxygen atoms in total. The number of Topliss-reactive ketones (excluding diaryl/α,β-unsaturated/α-hetero) is 1. The van der Waals surface area contributed by atoms with Gasteiger partial charge in [-0.2, -0.15) is 0 Å². The summed E-state index contributed by atoms with van der Waals surface area (Å²) in [6.07, 6.45) is 0. The zero-order valence-corrected chi connectivity index (χ0v) is 13.6. The van der Waals surface area contributed by atoms with Gasteiger partial charge in [0.15, 0.2) is 28.6 Å². The Labute approximate surface area is 144 Å². The Bertz CT molecular complexity index is 824. The van der Waals surface area contributed by atoms with Crippen molar-refractivity contribution in [2.75, 3.05) is 0 Å². The molecule has 1 atom stereocenters. The molecule has 0 aliphatic rings. The molecule has 0 aliphatic heterocycles. The molecule has 0 N–H and O–H groups in total. The van der Waals surface area contributed by atoms with Crippen molar-refractivity contribution in [2.24, 2.45) is 0 Å². The molecule has 0 amide bonds. The number of rotatable bonds is 4. The van der Waals surface area contributed by atoms with Crippen LogP contribution >= 0.6 is 23.2 Å². The van der Waals surface area contributed by atoms with Gasteiger partial charge in [0, 0.05) is 5.02 Å². The minimum absolute atomic E-state index is 0.0276. The van der Waals surface area contributed by atoms with E-state index in [9.17, 15) is 22.8 Å². The van der Waals surface area contributed by atoms with Crippen LogP contribution < -0.4 is 4.74 Å². The quantitative estimate of drug-likeness (QED) is 0.197. The van der Waals surface area contributed by atoms with E-state index in [2.05, 4.69) is 0 Å². The molecule has 0 bridgehead atoms. The lowest BCUT2D eigenvalue weighted by Crippen LogP contribution is -2.30. The smallest absolute Gasteiger partial charge is 0.337 e. The van der Waals surface area contributed by atoms with Crippen LogP contribution in [0.15, 0.2) is 30.3 Å². The SMILES string of the molecule is Cc1ccc(OC(=O)C(Cl)C(=O)c2ccc(F)c(F)c2F)cc1Cl. The first-order chi connectivity index (χ1) is 11.2. The molecule has 2 aromatic rings. The Morgan fingerprint density at radius 3 is 2.38 bits per heavy atom. The van der Waals surface area contributed by atoms with E-state index in [0.717, 1.165) is 5.56 Å². The number of aryl methyl sites for hydroxylation is 1. The number of ether oxygens (including phenoxy) is 1. The second-order valence-corrected chi connectivity index (χ2v) is 5.63. The fourth-order valence-electron chi connectivity index (χ4n) is 1.76. The molecule has 2 aromatic carbocycles. The van der Waals surface area contributed by atoms with Crippen LogP contribution in [-0.4, -0.2) is 17.1 Å². The number of alkyl halides is 1. The van der Waals surface area contributed by atoms with Gasteiger partial charge >= 0.3 is 5.97 Å². The summed E-state index contributed by atoms with van der Waals surface area (Å²) >= 11 is 11.5. The van der Waals surface area contributed by atoms with Crippen molar-refractivity contribution in [3.05, 3.63) is 63.9 Å². The molecule has 126 valence electrons. The van der Waals surface area contributed by atoms with Crippen molar-refractivity contribution in [1.82, 2.24) is 0 Å². The summed E-state index contributed by atoms with van der Waals surface area (Å²) in [6.45, 7) is 1.73. The number of hydrogen-bond donors (Lipinski definition) is 0. The Kier molecular flexibility index (Phi) is 5.51. The molecule has 0 saturated carbocycles.